The number of anilines is 1. The third-order valence-electron chi connectivity index (χ3n) is 5.90. The van der Waals surface area contributed by atoms with Crippen molar-refractivity contribution in [1.82, 2.24) is 14.7 Å². The van der Waals surface area contributed by atoms with Crippen molar-refractivity contribution in [3.63, 3.8) is 0 Å². The van der Waals surface area contributed by atoms with E-state index in [9.17, 15) is 9.59 Å². The maximum atomic E-state index is 13.2. The van der Waals surface area contributed by atoms with Crippen molar-refractivity contribution >= 4 is 17.6 Å². The fourth-order valence-corrected chi connectivity index (χ4v) is 4.46. The molecule has 4 rings (SSSR count). The molecule has 1 aromatic carbocycles. The highest BCUT2D eigenvalue weighted by molar-refractivity contribution is 6.03. The SMILES string of the molecule is CCCn1ccc(NC(=O)[C@H](CC2CCCC2)N2Cc3ccccc3C2=O)n1. The van der Waals surface area contributed by atoms with Gasteiger partial charge in [-0.2, -0.15) is 5.10 Å². The van der Waals surface area contributed by atoms with Crippen molar-refractivity contribution in [3.8, 4) is 0 Å². The van der Waals surface area contributed by atoms with Crippen LogP contribution in [0, 0.1) is 5.92 Å². The molecule has 1 aromatic heterocycles. The lowest BCUT2D eigenvalue weighted by molar-refractivity contribution is -0.121. The van der Waals surface area contributed by atoms with E-state index in [2.05, 4.69) is 17.3 Å². The molecular weight excluding hydrogens is 352 g/mol. The number of fused-ring (bicyclic) bond motifs is 1. The van der Waals surface area contributed by atoms with Crippen LogP contribution in [0.2, 0.25) is 0 Å². The number of carbonyl (C=O) groups excluding carboxylic acids is 2. The minimum atomic E-state index is -0.459. The molecular formula is C22H28N4O2. The summed E-state index contributed by atoms with van der Waals surface area (Å²) in [5.74, 6) is 0.893. The number of aryl methyl sites for hydroxylation is 1. The molecule has 6 heteroatoms. The molecule has 1 saturated carbocycles. The quantitative estimate of drug-likeness (QED) is 0.794. The van der Waals surface area contributed by atoms with Crippen molar-refractivity contribution < 1.29 is 9.59 Å². The predicted octanol–water partition coefficient (Wildman–Crippen LogP) is 3.84. The number of benzene rings is 1. The minimum absolute atomic E-state index is 0.0368. The monoisotopic (exact) mass is 380 g/mol. The Hall–Kier alpha value is -2.63. The number of nitrogens with zero attached hydrogens (tertiary/aromatic N) is 3. The number of carbonyl (C=O) groups is 2. The van der Waals surface area contributed by atoms with E-state index in [1.165, 1.54) is 12.8 Å². The second-order valence-corrected chi connectivity index (χ2v) is 7.95. The summed E-state index contributed by atoms with van der Waals surface area (Å²) in [6.45, 7) is 3.42. The molecule has 2 amide bonds. The minimum Gasteiger partial charge on any atom is -0.322 e. The lowest BCUT2D eigenvalue weighted by Gasteiger charge is -2.28. The van der Waals surface area contributed by atoms with Crippen molar-refractivity contribution in [2.24, 2.45) is 5.92 Å². The molecule has 1 aliphatic heterocycles. The zero-order valence-corrected chi connectivity index (χ0v) is 16.4. The predicted molar refractivity (Wildman–Crippen MR) is 108 cm³/mol. The van der Waals surface area contributed by atoms with Gasteiger partial charge in [0.15, 0.2) is 5.82 Å². The van der Waals surface area contributed by atoms with Crippen molar-refractivity contribution in [2.45, 2.75) is 64.6 Å². The molecule has 0 spiro atoms. The first kappa shape index (κ1) is 18.7. The Balaban J connectivity index is 1.53. The molecule has 2 aliphatic rings. The van der Waals surface area contributed by atoms with E-state index in [0.29, 0.717) is 18.3 Å². The molecule has 28 heavy (non-hydrogen) atoms. The Labute approximate surface area is 165 Å². The van der Waals surface area contributed by atoms with E-state index in [-0.39, 0.29) is 11.8 Å². The highest BCUT2D eigenvalue weighted by Crippen LogP contribution is 2.33. The molecule has 148 valence electrons. The van der Waals surface area contributed by atoms with Gasteiger partial charge in [-0.25, -0.2) is 0 Å². The van der Waals surface area contributed by atoms with Crippen LogP contribution in [0.15, 0.2) is 36.5 Å². The van der Waals surface area contributed by atoms with Crippen LogP contribution >= 0.6 is 0 Å². The normalized spacial score (nSPS) is 17.8. The van der Waals surface area contributed by atoms with Gasteiger partial charge in [-0.1, -0.05) is 50.8 Å². The van der Waals surface area contributed by atoms with Gasteiger partial charge in [-0.05, 0) is 30.4 Å². The van der Waals surface area contributed by atoms with Crippen molar-refractivity contribution in [2.75, 3.05) is 5.32 Å². The zero-order chi connectivity index (χ0) is 19.5. The molecule has 0 bridgehead atoms. The topological polar surface area (TPSA) is 67.2 Å². The Morgan fingerprint density at radius 1 is 1.25 bits per heavy atom. The number of aromatic nitrogens is 2. The van der Waals surface area contributed by atoms with Gasteiger partial charge in [-0.15, -0.1) is 0 Å². The number of rotatable bonds is 7. The second-order valence-electron chi connectivity index (χ2n) is 7.95. The van der Waals surface area contributed by atoms with E-state index in [1.54, 1.807) is 4.90 Å². The smallest absolute Gasteiger partial charge is 0.255 e. The number of hydrogen-bond acceptors (Lipinski definition) is 3. The van der Waals surface area contributed by atoms with Crippen LogP contribution in [-0.2, 0) is 17.9 Å². The van der Waals surface area contributed by atoms with E-state index in [4.69, 9.17) is 0 Å². The summed E-state index contributed by atoms with van der Waals surface area (Å²) < 4.78 is 1.83. The van der Waals surface area contributed by atoms with Crippen LogP contribution in [-0.4, -0.2) is 32.5 Å². The maximum Gasteiger partial charge on any atom is 0.255 e. The molecule has 2 aromatic rings. The summed E-state index contributed by atoms with van der Waals surface area (Å²) in [5.41, 5.74) is 1.72. The van der Waals surface area contributed by atoms with E-state index >= 15 is 0 Å². The summed E-state index contributed by atoms with van der Waals surface area (Å²) >= 11 is 0. The Morgan fingerprint density at radius 2 is 2.04 bits per heavy atom. The molecule has 1 N–H and O–H groups in total. The van der Waals surface area contributed by atoms with Crippen molar-refractivity contribution in [3.05, 3.63) is 47.7 Å². The summed E-state index contributed by atoms with van der Waals surface area (Å²) in [6, 6.07) is 9.02. The van der Waals surface area contributed by atoms with Gasteiger partial charge in [0, 0.05) is 30.9 Å². The van der Waals surface area contributed by atoms with Crippen molar-refractivity contribution in [1.29, 1.82) is 0 Å². The third-order valence-corrected chi connectivity index (χ3v) is 5.90. The molecule has 0 saturated heterocycles. The standard InChI is InChI=1S/C22H28N4O2/c1-2-12-25-13-11-20(24-25)23-21(27)19(14-16-7-3-4-8-16)26-15-17-9-5-6-10-18(17)22(26)28/h5-6,9-11,13,16,19H,2-4,7-8,12,14-15H2,1H3,(H,23,24,27)/t19-/m0/s1. The van der Waals surface area contributed by atoms with Crippen LogP contribution in [0.25, 0.3) is 0 Å². The first-order valence-electron chi connectivity index (χ1n) is 10.4. The third kappa shape index (κ3) is 3.81. The summed E-state index contributed by atoms with van der Waals surface area (Å²) in [6.07, 6.45) is 8.31. The summed E-state index contributed by atoms with van der Waals surface area (Å²) in [4.78, 5) is 27.9. The highest BCUT2D eigenvalue weighted by Gasteiger charge is 2.38. The number of hydrogen-bond donors (Lipinski definition) is 1. The molecule has 0 unspecified atom stereocenters. The fraction of sp³-hybridized carbons (Fsp3) is 0.500. The van der Waals surface area contributed by atoms with Gasteiger partial charge in [0.25, 0.3) is 5.91 Å². The molecule has 1 fully saturated rings. The number of nitrogens with one attached hydrogen (secondary N) is 1. The first-order valence-corrected chi connectivity index (χ1v) is 10.4. The van der Waals surface area contributed by atoms with Crippen LogP contribution in [0.1, 0.15) is 61.4 Å². The average molecular weight is 380 g/mol. The first-order chi connectivity index (χ1) is 13.7. The zero-order valence-electron chi connectivity index (χ0n) is 16.4. The van der Waals surface area contributed by atoms with Gasteiger partial charge in [0.05, 0.1) is 0 Å². The van der Waals surface area contributed by atoms with Crippen LogP contribution in [0.4, 0.5) is 5.82 Å². The van der Waals surface area contributed by atoms with Crippen LogP contribution < -0.4 is 5.32 Å². The largest absolute Gasteiger partial charge is 0.322 e. The molecule has 1 atom stereocenters. The molecule has 6 nitrogen and oxygen atoms in total. The van der Waals surface area contributed by atoms with Gasteiger partial charge in [0.1, 0.15) is 6.04 Å². The Bertz CT molecular complexity index is 854. The average Bonchev–Trinajstić information content (AvgIpc) is 3.42. The van der Waals surface area contributed by atoms with Crippen LogP contribution in [0.5, 0.6) is 0 Å². The van der Waals surface area contributed by atoms with Gasteiger partial charge in [-0.3, -0.25) is 14.3 Å². The molecule has 2 heterocycles. The fourth-order valence-electron chi connectivity index (χ4n) is 4.46. The van der Waals surface area contributed by atoms with Gasteiger partial charge >= 0.3 is 0 Å². The van der Waals surface area contributed by atoms with E-state index in [1.807, 2.05) is 41.2 Å². The summed E-state index contributed by atoms with van der Waals surface area (Å²) in [5, 5.41) is 7.37. The Kier molecular flexibility index (Phi) is 5.46. The van der Waals surface area contributed by atoms with E-state index < -0.39 is 6.04 Å². The van der Waals surface area contributed by atoms with Crippen LogP contribution in [0.3, 0.4) is 0 Å². The van der Waals surface area contributed by atoms with Gasteiger partial charge < -0.3 is 10.2 Å². The lowest BCUT2D eigenvalue weighted by atomic mass is 9.96. The lowest BCUT2D eigenvalue weighted by Crippen LogP contribution is -2.45. The maximum absolute atomic E-state index is 13.2. The van der Waals surface area contributed by atoms with E-state index in [0.717, 1.165) is 43.4 Å². The second kappa shape index (κ2) is 8.17. The highest BCUT2D eigenvalue weighted by atomic mass is 16.2. The molecule has 1 aliphatic carbocycles. The number of amides is 2. The summed E-state index contributed by atoms with van der Waals surface area (Å²) in [7, 11) is 0. The Morgan fingerprint density at radius 3 is 2.79 bits per heavy atom. The van der Waals surface area contributed by atoms with Gasteiger partial charge in [0.2, 0.25) is 5.91 Å². The molecule has 0 radical (unpaired) electrons.